The van der Waals surface area contributed by atoms with Crippen molar-refractivity contribution in [2.45, 2.75) is 13.5 Å². The van der Waals surface area contributed by atoms with Crippen molar-refractivity contribution in [1.29, 1.82) is 0 Å². The topological polar surface area (TPSA) is 65.2 Å². The summed E-state index contributed by atoms with van der Waals surface area (Å²) in [6.07, 6.45) is 1.76. The predicted molar refractivity (Wildman–Crippen MR) is 85.8 cm³/mol. The van der Waals surface area contributed by atoms with Crippen LogP contribution in [-0.2, 0) is 6.61 Å². The van der Waals surface area contributed by atoms with Gasteiger partial charge in [-0.3, -0.25) is 9.78 Å². The molecule has 0 bridgehead atoms. The van der Waals surface area contributed by atoms with Gasteiger partial charge in [0.2, 0.25) is 0 Å². The first-order valence-electron chi connectivity index (χ1n) is 7.01. The van der Waals surface area contributed by atoms with E-state index in [-0.39, 0.29) is 0 Å². The number of rotatable bonds is 4. The van der Waals surface area contributed by atoms with Crippen LogP contribution in [0.1, 0.15) is 21.5 Å². The van der Waals surface area contributed by atoms with Crippen molar-refractivity contribution in [3.8, 4) is 5.75 Å². The zero-order chi connectivity index (χ0) is 15.5. The number of aryl methyl sites for hydroxylation is 1. The molecule has 0 spiro atoms. The molecule has 0 aliphatic rings. The Labute approximate surface area is 128 Å². The van der Waals surface area contributed by atoms with Crippen LogP contribution in [0.25, 0.3) is 10.9 Å². The third-order valence-electron chi connectivity index (χ3n) is 3.50. The normalized spacial score (nSPS) is 10.6. The van der Waals surface area contributed by atoms with Gasteiger partial charge in [0.1, 0.15) is 12.4 Å². The van der Waals surface area contributed by atoms with Crippen molar-refractivity contribution in [2.75, 3.05) is 0 Å². The molecule has 0 saturated heterocycles. The van der Waals surface area contributed by atoms with Crippen molar-refractivity contribution >= 4 is 16.8 Å². The van der Waals surface area contributed by atoms with Crippen molar-refractivity contribution in [3.63, 3.8) is 0 Å². The van der Waals surface area contributed by atoms with Crippen LogP contribution >= 0.6 is 0 Å². The molecule has 0 atom stereocenters. The van der Waals surface area contributed by atoms with Crippen LogP contribution in [-0.4, -0.2) is 10.9 Å². The molecule has 0 radical (unpaired) electrons. The van der Waals surface area contributed by atoms with Gasteiger partial charge < -0.3 is 10.5 Å². The van der Waals surface area contributed by atoms with Gasteiger partial charge in [0.05, 0.1) is 11.1 Å². The summed E-state index contributed by atoms with van der Waals surface area (Å²) in [7, 11) is 0. The van der Waals surface area contributed by atoms with E-state index in [1.54, 1.807) is 12.3 Å². The lowest BCUT2D eigenvalue weighted by molar-refractivity contribution is 0.0996. The lowest BCUT2D eigenvalue weighted by atomic mass is 10.1. The third-order valence-corrected chi connectivity index (χ3v) is 3.50. The third kappa shape index (κ3) is 2.76. The van der Waals surface area contributed by atoms with Gasteiger partial charge >= 0.3 is 0 Å². The molecule has 0 aliphatic carbocycles. The monoisotopic (exact) mass is 292 g/mol. The highest BCUT2D eigenvalue weighted by Gasteiger charge is 2.10. The van der Waals surface area contributed by atoms with E-state index in [2.05, 4.69) is 4.98 Å². The standard InChI is InChI=1S/C18H16N2O2/c1-12-7-8-15(18(19)21)16(10-12)22-11-14-5-2-4-13-6-3-9-20-17(13)14/h2-10H,11H2,1H3,(H2,19,21). The van der Waals surface area contributed by atoms with Crippen LogP contribution in [0.3, 0.4) is 0 Å². The number of hydrogen-bond donors (Lipinski definition) is 1. The van der Waals surface area contributed by atoms with Crippen molar-refractivity contribution < 1.29 is 9.53 Å². The Morgan fingerprint density at radius 2 is 2.00 bits per heavy atom. The maximum Gasteiger partial charge on any atom is 0.252 e. The second kappa shape index (κ2) is 5.85. The van der Waals surface area contributed by atoms with Gasteiger partial charge in [-0.1, -0.05) is 30.3 Å². The van der Waals surface area contributed by atoms with Crippen LogP contribution in [0, 0.1) is 6.92 Å². The van der Waals surface area contributed by atoms with Crippen molar-refractivity contribution in [3.05, 3.63) is 71.4 Å². The van der Waals surface area contributed by atoms with E-state index in [1.165, 1.54) is 0 Å². The van der Waals surface area contributed by atoms with Crippen LogP contribution in [0.15, 0.2) is 54.7 Å². The number of pyridine rings is 1. The molecule has 1 heterocycles. The number of ether oxygens (including phenoxy) is 1. The van der Waals surface area contributed by atoms with E-state index in [0.29, 0.717) is 17.9 Å². The fraction of sp³-hybridized carbons (Fsp3) is 0.111. The summed E-state index contributed by atoms with van der Waals surface area (Å²) in [5.74, 6) is 0.00600. The highest BCUT2D eigenvalue weighted by atomic mass is 16.5. The Bertz CT molecular complexity index is 838. The molecule has 2 aromatic carbocycles. The number of aromatic nitrogens is 1. The summed E-state index contributed by atoms with van der Waals surface area (Å²) in [4.78, 5) is 15.9. The summed E-state index contributed by atoms with van der Waals surface area (Å²) < 4.78 is 5.83. The lowest BCUT2D eigenvalue weighted by Gasteiger charge is -2.11. The molecule has 2 N–H and O–H groups in total. The van der Waals surface area contributed by atoms with Crippen molar-refractivity contribution in [2.24, 2.45) is 5.73 Å². The maximum absolute atomic E-state index is 11.5. The zero-order valence-corrected chi connectivity index (χ0v) is 12.2. The van der Waals surface area contributed by atoms with Crippen LogP contribution in [0.4, 0.5) is 0 Å². The zero-order valence-electron chi connectivity index (χ0n) is 12.2. The Morgan fingerprint density at radius 3 is 2.82 bits per heavy atom. The van der Waals surface area contributed by atoms with E-state index in [1.807, 2.05) is 49.4 Å². The summed E-state index contributed by atoms with van der Waals surface area (Å²) in [6.45, 7) is 2.27. The Balaban J connectivity index is 1.92. The molecule has 0 fully saturated rings. The number of carbonyl (C=O) groups excluding carboxylic acids is 1. The number of nitrogens with two attached hydrogens (primary N) is 1. The largest absolute Gasteiger partial charge is 0.488 e. The Morgan fingerprint density at radius 1 is 1.18 bits per heavy atom. The first-order chi connectivity index (χ1) is 10.6. The minimum atomic E-state index is -0.494. The first kappa shape index (κ1) is 14.1. The molecule has 3 rings (SSSR count). The molecular weight excluding hydrogens is 276 g/mol. The van der Waals surface area contributed by atoms with Crippen LogP contribution < -0.4 is 10.5 Å². The van der Waals surface area contributed by atoms with Crippen LogP contribution in [0.5, 0.6) is 5.75 Å². The molecule has 0 aliphatic heterocycles. The molecule has 0 saturated carbocycles. The molecule has 0 unspecified atom stereocenters. The van der Waals surface area contributed by atoms with Crippen LogP contribution in [0.2, 0.25) is 0 Å². The van der Waals surface area contributed by atoms with E-state index in [4.69, 9.17) is 10.5 Å². The number of benzene rings is 2. The average Bonchev–Trinajstić information content (AvgIpc) is 2.52. The Hall–Kier alpha value is -2.88. The average molecular weight is 292 g/mol. The molecule has 110 valence electrons. The van der Waals surface area contributed by atoms with E-state index < -0.39 is 5.91 Å². The van der Waals surface area contributed by atoms with Gasteiger partial charge in [0.15, 0.2) is 0 Å². The number of para-hydroxylation sites is 1. The van der Waals surface area contributed by atoms with Gasteiger partial charge in [-0.25, -0.2) is 0 Å². The molecular formula is C18H16N2O2. The van der Waals surface area contributed by atoms with E-state index in [9.17, 15) is 4.79 Å². The minimum absolute atomic E-state index is 0.331. The summed E-state index contributed by atoms with van der Waals surface area (Å²) in [5, 5.41) is 1.06. The highest BCUT2D eigenvalue weighted by Crippen LogP contribution is 2.23. The lowest BCUT2D eigenvalue weighted by Crippen LogP contribution is -2.13. The smallest absolute Gasteiger partial charge is 0.252 e. The highest BCUT2D eigenvalue weighted by molar-refractivity contribution is 5.95. The van der Waals surface area contributed by atoms with Crippen molar-refractivity contribution in [1.82, 2.24) is 4.98 Å². The van der Waals surface area contributed by atoms with Gasteiger partial charge in [-0.2, -0.15) is 0 Å². The Kier molecular flexibility index (Phi) is 3.74. The van der Waals surface area contributed by atoms with Gasteiger partial charge in [-0.15, -0.1) is 0 Å². The number of hydrogen-bond acceptors (Lipinski definition) is 3. The number of fused-ring (bicyclic) bond motifs is 1. The SMILES string of the molecule is Cc1ccc(C(N)=O)c(OCc2cccc3cccnc23)c1. The number of carbonyl (C=O) groups is 1. The van der Waals surface area contributed by atoms with Gasteiger partial charge in [0, 0.05) is 17.1 Å². The molecule has 1 amide bonds. The molecule has 3 aromatic rings. The first-order valence-corrected chi connectivity index (χ1v) is 7.01. The summed E-state index contributed by atoms with van der Waals surface area (Å²) >= 11 is 0. The number of nitrogens with zero attached hydrogens (tertiary/aromatic N) is 1. The second-order valence-corrected chi connectivity index (χ2v) is 5.14. The molecule has 22 heavy (non-hydrogen) atoms. The minimum Gasteiger partial charge on any atom is -0.488 e. The van der Waals surface area contributed by atoms with Gasteiger partial charge in [-0.05, 0) is 30.7 Å². The molecule has 1 aromatic heterocycles. The fourth-order valence-electron chi connectivity index (χ4n) is 2.39. The van der Waals surface area contributed by atoms with Gasteiger partial charge in [0.25, 0.3) is 5.91 Å². The number of primary amides is 1. The quantitative estimate of drug-likeness (QED) is 0.803. The molecule has 4 nitrogen and oxygen atoms in total. The maximum atomic E-state index is 11.5. The summed E-state index contributed by atoms with van der Waals surface area (Å²) in [5.41, 5.74) is 8.66. The summed E-state index contributed by atoms with van der Waals surface area (Å²) in [6, 6.07) is 15.2. The van der Waals surface area contributed by atoms with E-state index in [0.717, 1.165) is 22.0 Å². The fourth-order valence-corrected chi connectivity index (χ4v) is 2.39. The second-order valence-electron chi connectivity index (χ2n) is 5.14. The predicted octanol–water partition coefficient (Wildman–Crippen LogP) is 3.22. The number of amides is 1. The molecule has 4 heteroatoms. The van der Waals surface area contributed by atoms with E-state index >= 15 is 0 Å².